The lowest BCUT2D eigenvalue weighted by Crippen LogP contribution is -2.37. The third-order valence-electron chi connectivity index (χ3n) is 5.41. The van der Waals surface area contributed by atoms with E-state index in [1.54, 1.807) is 40.8 Å². The van der Waals surface area contributed by atoms with E-state index in [9.17, 15) is 4.79 Å². The molecule has 4 heterocycles. The number of thiazole rings is 1. The van der Waals surface area contributed by atoms with Crippen LogP contribution in [0.1, 0.15) is 33.8 Å². The zero-order chi connectivity index (χ0) is 19.1. The molecule has 0 N–H and O–H groups in total. The minimum Gasteiger partial charge on any atom is -0.376 e. The smallest absolute Gasteiger partial charge is 0.260 e. The molecule has 0 spiro atoms. The van der Waals surface area contributed by atoms with Gasteiger partial charge in [0.05, 0.1) is 24.5 Å². The summed E-state index contributed by atoms with van der Waals surface area (Å²) in [4.78, 5) is 25.2. The number of carbonyl (C=O) groups excluding carboxylic acids is 1. The number of carbonyl (C=O) groups is 1. The minimum atomic E-state index is -0.0598. The van der Waals surface area contributed by atoms with Crippen molar-refractivity contribution in [1.82, 2.24) is 19.7 Å². The average Bonchev–Trinajstić information content (AvgIpc) is 3.46. The first-order chi connectivity index (χ1) is 13.7. The summed E-state index contributed by atoms with van der Waals surface area (Å²) in [6.07, 6.45) is 9.11. The second kappa shape index (κ2) is 7.10. The second-order valence-corrected chi connectivity index (χ2v) is 8.25. The summed E-state index contributed by atoms with van der Waals surface area (Å²) in [5.74, 6) is -0.0598. The molecule has 0 bridgehead atoms. The number of ether oxygens (including phenoxy) is 1. The summed E-state index contributed by atoms with van der Waals surface area (Å²) >= 11 is 1.61. The molecule has 28 heavy (non-hydrogen) atoms. The molecule has 3 aromatic rings. The molecular formula is C20H21N5O2S. The van der Waals surface area contributed by atoms with Crippen LogP contribution in [0.4, 0.5) is 5.13 Å². The summed E-state index contributed by atoms with van der Waals surface area (Å²) in [5.41, 5.74) is 3.87. The Morgan fingerprint density at radius 3 is 3.00 bits per heavy atom. The standard InChI is InChI=1S/C20H21N5O2S/c1-24-16-4-5-17-18(15(16)11-22-24)23-20(28-17)25(12-14-3-2-10-27-14)19(26)13-6-8-21-9-7-13/h6-9,11,14H,2-5,10,12H2,1H3/t14-/m1/s1. The van der Waals surface area contributed by atoms with Gasteiger partial charge in [-0.3, -0.25) is 19.4 Å². The summed E-state index contributed by atoms with van der Waals surface area (Å²) < 4.78 is 7.73. The van der Waals surface area contributed by atoms with Crippen molar-refractivity contribution in [2.75, 3.05) is 18.1 Å². The van der Waals surface area contributed by atoms with Crippen molar-refractivity contribution in [2.24, 2.45) is 7.05 Å². The molecule has 144 valence electrons. The molecule has 1 fully saturated rings. The maximum atomic E-state index is 13.3. The summed E-state index contributed by atoms with van der Waals surface area (Å²) in [7, 11) is 1.97. The zero-order valence-corrected chi connectivity index (χ0v) is 16.5. The van der Waals surface area contributed by atoms with E-state index in [0.717, 1.165) is 48.7 Å². The number of hydrogen-bond acceptors (Lipinski definition) is 6. The van der Waals surface area contributed by atoms with Crippen LogP contribution >= 0.6 is 11.3 Å². The lowest BCUT2D eigenvalue weighted by Gasteiger charge is -2.23. The van der Waals surface area contributed by atoms with E-state index in [2.05, 4.69) is 10.1 Å². The number of amides is 1. The Hall–Kier alpha value is -2.58. The molecule has 1 aliphatic heterocycles. The van der Waals surface area contributed by atoms with Crippen LogP contribution in [0.15, 0.2) is 30.7 Å². The fraction of sp³-hybridized carbons (Fsp3) is 0.400. The Kier molecular flexibility index (Phi) is 4.44. The molecule has 7 nitrogen and oxygen atoms in total. The summed E-state index contributed by atoms with van der Waals surface area (Å²) in [6, 6.07) is 3.50. The number of aromatic nitrogens is 4. The van der Waals surface area contributed by atoms with Gasteiger partial charge >= 0.3 is 0 Å². The molecule has 0 radical (unpaired) electrons. The molecule has 1 aliphatic carbocycles. The Morgan fingerprint density at radius 1 is 1.36 bits per heavy atom. The van der Waals surface area contributed by atoms with E-state index in [1.807, 2.05) is 17.9 Å². The van der Waals surface area contributed by atoms with Crippen LogP contribution in [-0.4, -0.2) is 44.9 Å². The van der Waals surface area contributed by atoms with Crippen LogP contribution < -0.4 is 4.90 Å². The van der Waals surface area contributed by atoms with Crippen LogP contribution in [0, 0.1) is 0 Å². The van der Waals surface area contributed by atoms with Gasteiger partial charge in [0.1, 0.15) is 0 Å². The number of anilines is 1. The molecule has 2 aliphatic rings. The van der Waals surface area contributed by atoms with Gasteiger partial charge in [0.25, 0.3) is 5.91 Å². The number of nitrogens with zero attached hydrogens (tertiary/aromatic N) is 5. The highest BCUT2D eigenvalue weighted by molar-refractivity contribution is 7.16. The lowest BCUT2D eigenvalue weighted by atomic mass is 10.0. The predicted octanol–water partition coefficient (Wildman–Crippen LogP) is 2.86. The van der Waals surface area contributed by atoms with E-state index in [4.69, 9.17) is 9.72 Å². The third-order valence-corrected chi connectivity index (χ3v) is 6.54. The van der Waals surface area contributed by atoms with Crippen LogP contribution in [0.25, 0.3) is 11.3 Å². The van der Waals surface area contributed by atoms with Crippen molar-refractivity contribution in [2.45, 2.75) is 31.8 Å². The van der Waals surface area contributed by atoms with Crippen molar-refractivity contribution in [3.05, 3.63) is 46.9 Å². The van der Waals surface area contributed by atoms with Crippen LogP contribution in [0.5, 0.6) is 0 Å². The average molecular weight is 395 g/mol. The van der Waals surface area contributed by atoms with Gasteiger partial charge in [-0.25, -0.2) is 4.98 Å². The van der Waals surface area contributed by atoms with Gasteiger partial charge in [-0.1, -0.05) is 0 Å². The first-order valence-corrected chi connectivity index (χ1v) is 10.4. The highest BCUT2D eigenvalue weighted by Crippen LogP contribution is 2.39. The van der Waals surface area contributed by atoms with Gasteiger partial charge in [-0.15, -0.1) is 11.3 Å². The summed E-state index contributed by atoms with van der Waals surface area (Å²) in [5, 5.41) is 5.13. The highest BCUT2D eigenvalue weighted by Gasteiger charge is 2.30. The Bertz CT molecular complexity index is 1010. The molecule has 3 aromatic heterocycles. The highest BCUT2D eigenvalue weighted by atomic mass is 32.1. The topological polar surface area (TPSA) is 73.1 Å². The zero-order valence-electron chi connectivity index (χ0n) is 15.7. The lowest BCUT2D eigenvalue weighted by molar-refractivity contribution is 0.0917. The second-order valence-electron chi connectivity index (χ2n) is 7.18. The first kappa shape index (κ1) is 17.5. The quantitative estimate of drug-likeness (QED) is 0.679. The Balaban J connectivity index is 1.53. The van der Waals surface area contributed by atoms with E-state index >= 15 is 0 Å². The van der Waals surface area contributed by atoms with Crippen molar-refractivity contribution in [1.29, 1.82) is 0 Å². The van der Waals surface area contributed by atoms with Crippen molar-refractivity contribution >= 4 is 22.4 Å². The fourth-order valence-corrected chi connectivity index (χ4v) is 5.00. The van der Waals surface area contributed by atoms with E-state index < -0.39 is 0 Å². The monoisotopic (exact) mass is 395 g/mol. The molecule has 0 saturated carbocycles. The van der Waals surface area contributed by atoms with E-state index in [1.165, 1.54) is 10.6 Å². The fourth-order valence-electron chi connectivity index (χ4n) is 3.91. The number of hydrogen-bond donors (Lipinski definition) is 0. The molecular weight excluding hydrogens is 374 g/mol. The van der Waals surface area contributed by atoms with E-state index in [-0.39, 0.29) is 12.0 Å². The number of aryl methyl sites for hydroxylation is 2. The van der Waals surface area contributed by atoms with Gasteiger partial charge in [-0.2, -0.15) is 5.10 Å². The molecule has 5 rings (SSSR count). The van der Waals surface area contributed by atoms with Crippen LogP contribution in [-0.2, 0) is 24.6 Å². The number of fused-ring (bicyclic) bond motifs is 3. The molecule has 0 aromatic carbocycles. The molecule has 0 unspecified atom stereocenters. The SMILES string of the molecule is Cn1ncc2c1CCc1sc(N(C[C@H]3CCCO3)C(=O)c3ccncc3)nc1-2. The van der Waals surface area contributed by atoms with Gasteiger partial charge in [-0.05, 0) is 37.8 Å². The maximum absolute atomic E-state index is 13.3. The van der Waals surface area contributed by atoms with E-state index in [0.29, 0.717) is 12.1 Å². The molecule has 8 heteroatoms. The number of pyridine rings is 1. The third kappa shape index (κ3) is 3.02. The van der Waals surface area contributed by atoms with Crippen LogP contribution in [0.2, 0.25) is 0 Å². The van der Waals surface area contributed by atoms with Gasteiger partial charge in [0, 0.05) is 47.7 Å². The van der Waals surface area contributed by atoms with Crippen molar-refractivity contribution in [3.8, 4) is 11.3 Å². The largest absolute Gasteiger partial charge is 0.376 e. The van der Waals surface area contributed by atoms with Crippen LogP contribution in [0.3, 0.4) is 0 Å². The minimum absolute atomic E-state index is 0.0562. The Labute approximate surface area is 167 Å². The van der Waals surface area contributed by atoms with Gasteiger partial charge < -0.3 is 4.74 Å². The summed E-state index contributed by atoms with van der Waals surface area (Å²) in [6.45, 7) is 1.28. The molecule has 1 saturated heterocycles. The predicted molar refractivity (Wildman–Crippen MR) is 107 cm³/mol. The van der Waals surface area contributed by atoms with Crippen molar-refractivity contribution < 1.29 is 9.53 Å². The normalized spacial score (nSPS) is 18.0. The van der Waals surface area contributed by atoms with Crippen molar-refractivity contribution in [3.63, 3.8) is 0 Å². The Morgan fingerprint density at radius 2 is 2.21 bits per heavy atom. The van der Waals surface area contributed by atoms with Gasteiger partial charge in [0.15, 0.2) is 5.13 Å². The maximum Gasteiger partial charge on any atom is 0.260 e. The first-order valence-electron chi connectivity index (χ1n) is 9.55. The van der Waals surface area contributed by atoms with Gasteiger partial charge in [0.2, 0.25) is 0 Å². The molecule has 1 atom stereocenters. The number of rotatable bonds is 4. The molecule has 1 amide bonds.